The van der Waals surface area contributed by atoms with Gasteiger partial charge in [0.05, 0.1) is 0 Å². The molecule has 2 rings (SSSR count). The van der Waals surface area contributed by atoms with E-state index in [1.165, 1.54) is 19.4 Å². The highest BCUT2D eigenvalue weighted by Gasteiger charge is 2.33. The maximum absolute atomic E-state index is 6.19. The van der Waals surface area contributed by atoms with Crippen LogP contribution in [0.15, 0.2) is 0 Å². The topological polar surface area (TPSA) is 50.1 Å². The van der Waals surface area contributed by atoms with Gasteiger partial charge in [-0.25, -0.2) is 0 Å². The molecule has 3 nitrogen and oxygen atoms in total. The predicted octanol–water partition coefficient (Wildman–Crippen LogP) is 0.0653. The smallest absolute Gasteiger partial charge is 0.0255 e. The number of hydrogen-bond donors (Lipinski definition) is 3. The first-order valence-electron chi connectivity index (χ1n) is 5.40. The maximum Gasteiger partial charge on any atom is 0.0255 e. The van der Waals surface area contributed by atoms with Crippen LogP contribution in [0.4, 0.5) is 0 Å². The van der Waals surface area contributed by atoms with Gasteiger partial charge < -0.3 is 16.4 Å². The molecule has 0 amide bonds. The molecule has 76 valence electrons. The van der Waals surface area contributed by atoms with Crippen molar-refractivity contribution in [1.82, 2.24) is 10.6 Å². The molecule has 2 aliphatic rings. The highest BCUT2D eigenvalue weighted by molar-refractivity contribution is 4.94. The lowest BCUT2D eigenvalue weighted by molar-refractivity contribution is 0.249. The number of nitrogens with one attached hydrogen (secondary N) is 2. The molecule has 2 saturated heterocycles. The Morgan fingerprint density at radius 2 is 2.31 bits per heavy atom. The molecule has 0 aliphatic carbocycles. The van der Waals surface area contributed by atoms with Crippen LogP contribution in [0, 0.1) is 5.92 Å². The van der Waals surface area contributed by atoms with Crippen molar-refractivity contribution in [1.29, 1.82) is 0 Å². The summed E-state index contributed by atoms with van der Waals surface area (Å²) in [6.07, 6.45) is 3.83. The molecule has 3 unspecified atom stereocenters. The Bertz CT molecular complexity index is 179. The zero-order valence-corrected chi connectivity index (χ0v) is 8.47. The number of rotatable bonds is 0. The van der Waals surface area contributed by atoms with Gasteiger partial charge in [0.2, 0.25) is 0 Å². The number of hydrogen-bond acceptors (Lipinski definition) is 3. The van der Waals surface area contributed by atoms with Crippen molar-refractivity contribution in [2.75, 3.05) is 19.6 Å². The third-order valence-corrected chi connectivity index (χ3v) is 3.35. The molecular formula is C10H21N3. The monoisotopic (exact) mass is 183 g/mol. The number of fused-ring (bicyclic) bond motifs is 1. The molecule has 0 spiro atoms. The summed E-state index contributed by atoms with van der Waals surface area (Å²) in [5.74, 6) is 0.791. The lowest BCUT2D eigenvalue weighted by Crippen LogP contribution is -2.46. The van der Waals surface area contributed by atoms with Crippen molar-refractivity contribution in [2.45, 2.75) is 37.8 Å². The first-order valence-corrected chi connectivity index (χ1v) is 5.40. The molecule has 0 aromatic carbocycles. The Morgan fingerprint density at radius 3 is 3.15 bits per heavy atom. The van der Waals surface area contributed by atoms with E-state index >= 15 is 0 Å². The Balaban J connectivity index is 2.03. The second kappa shape index (κ2) is 3.56. The van der Waals surface area contributed by atoms with E-state index in [1.54, 1.807) is 0 Å². The molecule has 0 radical (unpaired) electrons. The van der Waals surface area contributed by atoms with Crippen molar-refractivity contribution in [3.05, 3.63) is 0 Å². The first-order chi connectivity index (χ1) is 6.17. The van der Waals surface area contributed by atoms with Crippen LogP contribution in [-0.4, -0.2) is 31.2 Å². The maximum atomic E-state index is 6.19. The van der Waals surface area contributed by atoms with E-state index in [1.807, 2.05) is 0 Å². The van der Waals surface area contributed by atoms with Gasteiger partial charge in [-0.3, -0.25) is 0 Å². The average Bonchev–Trinajstić information content (AvgIpc) is 2.21. The van der Waals surface area contributed by atoms with Crippen molar-refractivity contribution < 1.29 is 0 Å². The van der Waals surface area contributed by atoms with E-state index in [0.717, 1.165) is 25.4 Å². The molecule has 0 saturated carbocycles. The van der Waals surface area contributed by atoms with Crippen LogP contribution in [0.5, 0.6) is 0 Å². The molecule has 0 bridgehead atoms. The van der Waals surface area contributed by atoms with Crippen LogP contribution >= 0.6 is 0 Å². The molecule has 2 aliphatic heterocycles. The van der Waals surface area contributed by atoms with E-state index in [9.17, 15) is 0 Å². The fourth-order valence-corrected chi connectivity index (χ4v) is 2.69. The number of piperidine rings is 1. The van der Waals surface area contributed by atoms with Gasteiger partial charge in [0.25, 0.3) is 0 Å². The van der Waals surface area contributed by atoms with Gasteiger partial charge in [-0.1, -0.05) is 0 Å². The second-order valence-corrected chi connectivity index (χ2v) is 4.95. The molecule has 2 heterocycles. The van der Waals surface area contributed by atoms with Crippen LogP contribution in [0.2, 0.25) is 0 Å². The minimum Gasteiger partial charge on any atom is -0.324 e. The second-order valence-electron chi connectivity index (χ2n) is 4.95. The van der Waals surface area contributed by atoms with Crippen molar-refractivity contribution in [3.8, 4) is 0 Å². The molecule has 2 fully saturated rings. The van der Waals surface area contributed by atoms with E-state index in [4.69, 9.17) is 5.73 Å². The Labute approximate surface area is 80.5 Å². The summed E-state index contributed by atoms with van der Waals surface area (Å²) in [6, 6.07) is 0.666. The van der Waals surface area contributed by atoms with Crippen molar-refractivity contribution in [2.24, 2.45) is 11.7 Å². The quantitative estimate of drug-likeness (QED) is 0.498. The summed E-state index contributed by atoms with van der Waals surface area (Å²) in [5.41, 5.74) is 6.19. The molecular weight excluding hydrogens is 162 g/mol. The Morgan fingerprint density at radius 1 is 1.46 bits per heavy atom. The largest absolute Gasteiger partial charge is 0.324 e. The molecule has 4 N–H and O–H groups in total. The molecule has 0 aromatic rings. The summed E-state index contributed by atoms with van der Waals surface area (Å²) < 4.78 is 0. The lowest BCUT2D eigenvalue weighted by Gasteiger charge is -2.33. The predicted molar refractivity (Wildman–Crippen MR) is 54.6 cm³/mol. The molecule has 3 atom stereocenters. The van der Waals surface area contributed by atoms with Crippen LogP contribution in [0.1, 0.15) is 26.2 Å². The van der Waals surface area contributed by atoms with E-state index < -0.39 is 0 Å². The van der Waals surface area contributed by atoms with Crippen LogP contribution in [-0.2, 0) is 0 Å². The fourth-order valence-electron chi connectivity index (χ4n) is 2.69. The van der Waals surface area contributed by atoms with Gasteiger partial charge in [0, 0.05) is 24.7 Å². The average molecular weight is 183 g/mol. The van der Waals surface area contributed by atoms with Gasteiger partial charge in [-0.05, 0) is 38.6 Å². The van der Waals surface area contributed by atoms with Crippen molar-refractivity contribution >= 4 is 0 Å². The normalized spacial score (nSPS) is 46.6. The molecule has 3 heteroatoms. The standard InChI is InChI=1S/C10H21N3/c1-10(11)5-8-3-2-4-13-9(8)6-12-7-10/h8-9,12-13H,2-7,11H2,1H3. The fraction of sp³-hybridized carbons (Fsp3) is 1.00. The third-order valence-electron chi connectivity index (χ3n) is 3.35. The highest BCUT2D eigenvalue weighted by atomic mass is 15.0. The van der Waals surface area contributed by atoms with E-state index in [2.05, 4.69) is 17.6 Å². The summed E-state index contributed by atoms with van der Waals surface area (Å²) in [5, 5.41) is 7.03. The van der Waals surface area contributed by atoms with Crippen molar-refractivity contribution in [3.63, 3.8) is 0 Å². The lowest BCUT2D eigenvalue weighted by atomic mass is 9.82. The molecule has 0 aromatic heterocycles. The van der Waals surface area contributed by atoms with Gasteiger partial charge in [-0.2, -0.15) is 0 Å². The van der Waals surface area contributed by atoms with Gasteiger partial charge >= 0.3 is 0 Å². The Kier molecular flexibility index (Phi) is 2.58. The van der Waals surface area contributed by atoms with Gasteiger partial charge in [-0.15, -0.1) is 0 Å². The summed E-state index contributed by atoms with van der Waals surface area (Å²) in [7, 11) is 0. The minimum absolute atomic E-state index is 0.00155. The van der Waals surface area contributed by atoms with E-state index in [0.29, 0.717) is 6.04 Å². The highest BCUT2D eigenvalue weighted by Crippen LogP contribution is 2.26. The van der Waals surface area contributed by atoms with Gasteiger partial charge in [0.1, 0.15) is 0 Å². The van der Waals surface area contributed by atoms with Gasteiger partial charge in [0.15, 0.2) is 0 Å². The van der Waals surface area contributed by atoms with E-state index in [-0.39, 0.29) is 5.54 Å². The first kappa shape index (κ1) is 9.44. The minimum atomic E-state index is -0.00155. The SMILES string of the molecule is CC1(N)CNCC2NCCCC2C1. The zero-order valence-electron chi connectivity index (χ0n) is 8.47. The number of nitrogens with two attached hydrogens (primary N) is 1. The summed E-state index contributed by atoms with van der Waals surface area (Å²) >= 11 is 0. The van der Waals surface area contributed by atoms with Crippen LogP contribution in [0.25, 0.3) is 0 Å². The Hall–Kier alpha value is -0.120. The molecule has 13 heavy (non-hydrogen) atoms. The summed E-state index contributed by atoms with van der Waals surface area (Å²) in [6.45, 7) is 5.40. The van der Waals surface area contributed by atoms with Crippen LogP contribution in [0.3, 0.4) is 0 Å². The summed E-state index contributed by atoms with van der Waals surface area (Å²) in [4.78, 5) is 0. The van der Waals surface area contributed by atoms with Crippen LogP contribution < -0.4 is 16.4 Å². The third kappa shape index (κ3) is 2.22. The zero-order chi connectivity index (χ0) is 9.31.